The Labute approximate surface area is 180 Å². The van der Waals surface area contributed by atoms with Crippen molar-refractivity contribution in [1.29, 1.82) is 0 Å². The molecule has 0 unspecified atom stereocenters. The summed E-state index contributed by atoms with van der Waals surface area (Å²) in [6.07, 6.45) is 3.01. The third kappa shape index (κ3) is 3.99. The molecule has 1 saturated heterocycles. The Hall–Kier alpha value is -3.74. The standard InChI is InChI=1S/C24H24N4O3/c29-23(20-9-14-31-17-20)27-12-10-26(11-13-27)22-7-5-21(6-8-22)25-24(30)28-15-18-3-1-2-4-19(18)16-28/h1-9,14,17H,10-13,15-16H2,(H,25,30). The SMILES string of the molecule is O=C(Nc1ccc(N2CCN(C(=O)c3ccoc3)CC2)cc1)N1Cc2ccccc2C1. The van der Waals surface area contributed by atoms with Crippen LogP contribution in [0.2, 0.25) is 0 Å². The lowest BCUT2D eigenvalue weighted by Crippen LogP contribution is -2.48. The number of rotatable bonds is 3. The molecule has 5 rings (SSSR count). The van der Waals surface area contributed by atoms with Gasteiger partial charge in [0.1, 0.15) is 6.26 Å². The van der Waals surface area contributed by atoms with Crippen LogP contribution in [0, 0.1) is 0 Å². The molecular formula is C24H24N4O3. The second-order valence-electron chi connectivity index (χ2n) is 7.89. The molecule has 0 radical (unpaired) electrons. The number of nitrogens with one attached hydrogen (secondary N) is 1. The average Bonchev–Trinajstić information content (AvgIpc) is 3.49. The molecule has 0 aliphatic carbocycles. The van der Waals surface area contributed by atoms with Crippen LogP contribution in [0.5, 0.6) is 0 Å². The molecule has 2 aliphatic rings. The van der Waals surface area contributed by atoms with E-state index in [1.165, 1.54) is 23.7 Å². The van der Waals surface area contributed by atoms with Gasteiger partial charge in [0.2, 0.25) is 0 Å². The minimum Gasteiger partial charge on any atom is -0.472 e. The smallest absolute Gasteiger partial charge is 0.322 e. The fourth-order valence-electron chi connectivity index (χ4n) is 4.17. The second-order valence-corrected chi connectivity index (χ2v) is 7.89. The van der Waals surface area contributed by atoms with Gasteiger partial charge in [-0.1, -0.05) is 24.3 Å². The number of hydrogen-bond donors (Lipinski definition) is 1. The Balaban J connectivity index is 1.15. The molecule has 0 atom stereocenters. The summed E-state index contributed by atoms with van der Waals surface area (Å²) in [5.41, 5.74) is 4.87. The van der Waals surface area contributed by atoms with Crippen LogP contribution in [0.15, 0.2) is 71.5 Å². The number of nitrogens with zero attached hydrogens (tertiary/aromatic N) is 3. The quantitative estimate of drug-likeness (QED) is 0.705. The topological polar surface area (TPSA) is 69.0 Å². The molecule has 0 spiro atoms. The largest absolute Gasteiger partial charge is 0.472 e. The number of piperazine rings is 1. The first kappa shape index (κ1) is 19.2. The number of furan rings is 1. The van der Waals surface area contributed by atoms with Crippen LogP contribution < -0.4 is 10.2 Å². The number of fused-ring (bicyclic) bond motifs is 1. The normalized spacial score (nSPS) is 15.7. The van der Waals surface area contributed by atoms with Crippen LogP contribution in [0.25, 0.3) is 0 Å². The third-order valence-corrected chi connectivity index (χ3v) is 5.95. The van der Waals surface area contributed by atoms with Crippen LogP contribution in [0.3, 0.4) is 0 Å². The van der Waals surface area contributed by atoms with Crippen molar-refractivity contribution < 1.29 is 14.0 Å². The van der Waals surface area contributed by atoms with Crippen LogP contribution in [-0.4, -0.2) is 47.9 Å². The summed E-state index contributed by atoms with van der Waals surface area (Å²) in [7, 11) is 0. The Kier molecular flexibility index (Phi) is 5.08. The first-order valence-corrected chi connectivity index (χ1v) is 10.5. The van der Waals surface area contributed by atoms with Crippen molar-refractivity contribution in [3.8, 4) is 0 Å². The van der Waals surface area contributed by atoms with Gasteiger partial charge in [-0.05, 0) is 41.5 Å². The van der Waals surface area contributed by atoms with Crippen molar-refractivity contribution in [1.82, 2.24) is 9.80 Å². The van der Waals surface area contributed by atoms with Crippen LogP contribution >= 0.6 is 0 Å². The molecule has 1 N–H and O–H groups in total. The van der Waals surface area contributed by atoms with E-state index >= 15 is 0 Å². The van der Waals surface area contributed by atoms with E-state index in [4.69, 9.17) is 4.42 Å². The zero-order valence-electron chi connectivity index (χ0n) is 17.2. The van der Waals surface area contributed by atoms with Gasteiger partial charge >= 0.3 is 6.03 Å². The lowest BCUT2D eigenvalue weighted by Gasteiger charge is -2.36. The van der Waals surface area contributed by atoms with Gasteiger partial charge in [0.25, 0.3) is 5.91 Å². The molecule has 7 nitrogen and oxygen atoms in total. The minimum atomic E-state index is -0.0877. The molecule has 0 bridgehead atoms. The molecule has 0 saturated carbocycles. The fraction of sp³-hybridized carbons (Fsp3) is 0.250. The van der Waals surface area contributed by atoms with E-state index in [0.717, 1.165) is 24.5 Å². The highest BCUT2D eigenvalue weighted by Crippen LogP contribution is 2.24. The highest BCUT2D eigenvalue weighted by molar-refractivity contribution is 5.94. The maximum absolute atomic E-state index is 12.6. The molecule has 158 valence electrons. The van der Waals surface area contributed by atoms with E-state index in [2.05, 4.69) is 22.3 Å². The first-order valence-electron chi connectivity index (χ1n) is 10.5. The second kappa shape index (κ2) is 8.18. The number of carbonyl (C=O) groups excluding carboxylic acids is 2. The van der Waals surface area contributed by atoms with E-state index in [-0.39, 0.29) is 11.9 Å². The number of hydrogen-bond acceptors (Lipinski definition) is 4. The van der Waals surface area contributed by atoms with Crippen molar-refractivity contribution in [2.45, 2.75) is 13.1 Å². The van der Waals surface area contributed by atoms with E-state index < -0.39 is 0 Å². The molecule has 31 heavy (non-hydrogen) atoms. The van der Waals surface area contributed by atoms with Gasteiger partial charge in [-0.2, -0.15) is 0 Å². The Morgan fingerprint density at radius 2 is 1.48 bits per heavy atom. The fourth-order valence-corrected chi connectivity index (χ4v) is 4.17. The van der Waals surface area contributed by atoms with Crippen LogP contribution in [0.1, 0.15) is 21.5 Å². The zero-order chi connectivity index (χ0) is 21.2. The Morgan fingerprint density at radius 1 is 0.806 bits per heavy atom. The number of urea groups is 1. The molecular weight excluding hydrogens is 392 g/mol. The highest BCUT2D eigenvalue weighted by atomic mass is 16.3. The van der Waals surface area contributed by atoms with Crippen molar-refractivity contribution in [2.24, 2.45) is 0 Å². The molecule has 3 amide bonds. The predicted octanol–water partition coefficient (Wildman–Crippen LogP) is 3.79. The Bertz CT molecular complexity index is 1050. The summed E-state index contributed by atoms with van der Waals surface area (Å²) < 4.78 is 5.01. The molecule has 2 aromatic carbocycles. The number of carbonyl (C=O) groups is 2. The van der Waals surface area contributed by atoms with Crippen molar-refractivity contribution in [3.05, 3.63) is 83.8 Å². The van der Waals surface area contributed by atoms with E-state index in [9.17, 15) is 9.59 Å². The van der Waals surface area contributed by atoms with E-state index in [0.29, 0.717) is 31.7 Å². The van der Waals surface area contributed by atoms with Gasteiger partial charge in [-0.3, -0.25) is 4.79 Å². The van der Waals surface area contributed by atoms with E-state index in [1.54, 1.807) is 6.07 Å². The van der Waals surface area contributed by atoms with Gasteiger partial charge in [0, 0.05) is 50.6 Å². The molecule has 1 aromatic heterocycles. The summed E-state index contributed by atoms with van der Waals surface area (Å²) in [6, 6.07) is 17.7. The molecule has 1 fully saturated rings. The molecule has 3 aromatic rings. The maximum Gasteiger partial charge on any atom is 0.322 e. The van der Waals surface area contributed by atoms with Gasteiger partial charge < -0.3 is 24.4 Å². The highest BCUT2D eigenvalue weighted by Gasteiger charge is 2.24. The lowest BCUT2D eigenvalue weighted by molar-refractivity contribution is 0.0746. The van der Waals surface area contributed by atoms with Crippen molar-refractivity contribution >= 4 is 23.3 Å². The van der Waals surface area contributed by atoms with Gasteiger partial charge in [-0.15, -0.1) is 0 Å². The summed E-state index contributed by atoms with van der Waals surface area (Å²) >= 11 is 0. The molecule has 3 heterocycles. The number of anilines is 2. The molecule has 2 aliphatic heterocycles. The van der Waals surface area contributed by atoms with Crippen molar-refractivity contribution in [3.63, 3.8) is 0 Å². The lowest BCUT2D eigenvalue weighted by atomic mass is 10.1. The summed E-state index contributed by atoms with van der Waals surface area (Å²) in [5.74, 6) is 0.00974. The average molecular weight is 416 g/mol. The van der Waals surface area contributed by atoms with E-state index in [1.807, 2.05) is 46.2 Å². The van der Waals surface area contributed by atoms with Gasteiger partial charge in [0.15, 0.2) is 0 Å². The minimum absolute atomic E-state index is 0.00974. The number of amides is 3. The Morgan fingerprint density at radius 3 is 2.10 bits per heavy atom. The monoisotopic (exact) mass is 416 g/mol. The molecule has 7 heteroatoms. The van der Waals surface area contributed by atoms with Gasteiger partial charge in [-0.25, -0.2) is 4.79 Å². The first-order chi connectivity index (χ1) is 15.2. The summed E-state index contributed by atoms with van der Waals surface area (Å²) in [5, 5.41) is 2.99. The van der Waals surface area contributed by atoms with Crippen LogP contribution in [0.4, 0.5) is 16.2 Å². The third-order valence-electron chi connectivity index (χ3n) is 5.95. The predicted molar refractivity (Wildman–Crippen MR) is 118 cm³/mol. The number of benzene rings is 2. The van der Waals surface area contributed by atoms with Gasteiger partial charge in [0.05, 0.1) is 11.8 Å². The maximum atomic E-state index is 12.6. The summed E-state index contributed by atoms with van der Waals surface area (Å²) in [6.45, 7) is 4.14. The van der Waals surface area contributed by atoms with Crippen molar-refractivity contribution in [2.75, 3.05) is 36.4 Å². The van der Waals surface area contributed by atoms with Crippen LogP contribution in [-0.2, 0) is 13.1 Å². The zero-order valence-corrected chi connectivity index (χ0v) is 17.2. The summed E-state index contributed by atoms with van der Waals surface area (Å²) in [4.78, 5) is 31.0.